The fourth-order valence-corrected chi connectivity index (χ4v) is 3.10. The number of benzene rings is 1. The van der Waals surface area contributed by atoms with Crippen LogP contribution in [-0.2, 0) is 12.7 Å². The second-order valence-corrected chi connectivity index (χ2v) is 7.52. The molecule has 7 nitrogen and oxygen atoms in total. The minimum Gasteiger partial charge on any atom is -0.491 e. The molecule has 3 aromatic heterocycles. The fraction of sp³-hybridized carbons (Fsp3) is 0.217. The van der Waals surface area contributed by atoms with Crippen LogP contribution in [0.1, 0.15) is 25.2 Å². The van der Waals surface area contributed by atoms with Gasteiger partial charge in [-0.15, -0.1) is 0 Å². The normalized spacial score (nSPS) is 11.6. The molecule has 0 atom stereocenters. The van der Waals surface area contributed by atoms with Crippen LogP contribution in [0.5, 0.6) is 5.75 Å². The quantitative estimate of drug-likeness (QED) is 0.417. The smallest absolute Gasteiger partial charge is 0.433 e. The standard InChI is InChI=1S/C23H21F3N6O/c1-15(2)33-20-7-4-16(5-8-20)17-3-6-18(28-11-17)12-29-19-9-21(23(24,25)26)31-22(10-19)32-14-27-13-30-32/h3-11,13-15H,12H2,1-2H3,(H,29,31). The zero-order valence-corrected chi connectivity index (χ0v) is 17.9. The summed E-state index contributed by atoms with van der Waals surface area (Å²) in [5.41, 5.74) is 1.80. The third-order valence-corrected chi connectivity index (χ3v) is 4.61. The Morgan fingerprint density at radius 2 is 1.79 bits per heavy atom. The van der Waals surface area contributed by atoms with E-state index in [0.717, 1.165) is 22.9 Å². The van der Waals surface area contributed by atoms with Crippen LogP contribution in [0.25, 0.3) is 16.9 Å². The summed E-state index contributed by atoms with van der Waals surface area (Å²) in [7, 11) is 0. The van der Waals surface area contributed by atoms with Gasteiger partial charge in [0.25, 0.3) is 0 Å². The van der Waals surface area contributed by atoms with E-state index in [1.165, 1.54) is 23.4 Å². The number of rotatable bonds is 7. The van der Waals surface area contributed by atoms with Crippen molar-refractivity contribution < 1.29 is 17.9 Å². The van der Waals surface area contributed by atoms with Crippen LogP contribution in [0, 0.1) is 0 Å². The molecule has 0 fully saturated rings. The van der Waals surface area contributed by atoms with Gasteiger partial charge in [-0.25, -0.2) is 14.6 Å². The number of pyridine rings is 2. The number of anilines is 1. The Bertz CT molecular complexity index is 1190. The maximum absolute atomic E-state index is 13.3. The molecule has 33 heavy (non-hydrogen) atoms. The Labute approximate surface area is 188 Å². The van der Waals surface area contributed by atoms with Gasteiger partial charge in [-0.1, -0.05) is 18.2 Å². The Morgan fingerprint density at radius 3 is 2.39 bits per heavy atom. The van der Waals surface area contributed by atoms with Gasteiger partial charge in [0.1, 0.15) is 24.1 Å². The molecular formula is C23H21F3N6O. The molecule has 0 aliphatic carbocycles. The zero-order valence-electron chi connectivity index (χ0n) is 17.9. The lowest BCUT2D eigenvalue weighted by Gasteiger charge is -2.13. The van der Waals surface area contributed by atoms with Crippen molar-refractivity contribution >= 4 is 5.69 Å². The summed E-state index contributed by atoms with van der Waals surface area (Å²) in [6.45, 7) is 4.17. The van der Waals surface area contributed by atoms with Gasteiger partial charge in [-0.2, -0.15) is 18.3 Å². The van der Waals surface area contributed by atoms with E-state index in [9.17, 15) is 13.2 Å². The molecule has 0 unspecified atom stereocenters. The van der Waals surface area contributed by atoms with E-state index < -0.39 is 11.9 Å². The molecule has 170 valence electrons. The average molecular weight is 454 g/mol. The number of aromatic nitrogens is 5. The summed E-state index contributed by atoms with van der Waals surface area (Å²) in [5, 5.41) is 6.83. The number of nitrogens with zero attached hydrogens (tertiary/aromatic N) is 5. The van der Waals surface area contributed by atoms with Crippen LogP contribution in [0.15, 0.2) is 67.4 Å². The van der Waals surface area contributed by atoms with Crippen molar-refractivity contribution in [3.8, 4) is 22.7 Å². The van der Waals surface area contributed by atoms with Crippen molar-refractivity contribution in [2.45, 2.75) is 32.7 Å². The van der Waals surface area contributed by atoms with Crippen LogP contribution < -0.4 is 10.1 Å². The minimum absolute atomic E-state index is 0.0121. The average Bonchev–Trinajstić information content (AvgIpc) is 3.33. The van der Waals surface area contributed by atoms with Gasteiger partial charge in [0.05, 0.1) is 18.3 Å². The number of hydrogen-bond donors (Lipinski definition) is 1. The van der Waals surface area contributed by atoms with Crippen LogP contribution in [0.3, 0.4) is 0 Å². The summed E-state index contributed by atoms with van der Waals surface area (Å²) >= 11 is 0. The van der Waals surface area contributed by atoms with Crippen molar-refractivity contribution in [2.24, 2.45) is 0 Å². The molecule has 4 aromatic rings. The lowest BCUT2D eigenvalue weighted by atomic mass is 10.1. The molecule has 1 aromatic carbocycles. The number of hydrogen-bond acceptors (Lipinski definition) is 6. The number of halogens is 3. The van der Waals surface area contributed by atoms with Gasteiger partial charge in [0, 0.05) is 23.5 Å². The van der Waals surface area contributed by atoms with E-state index in [1.54, 1.807) is 6.20 Å². The molecule has 0 aliphatic heterocycles. The molecule has 0 saturated carbocycles. The molecule has 1 N–H and O–H groups in total. The SMILES string of the molecule is CC(C)Oc1ccc(-c2ccc(CNc3cc(-n4cncn4)nc(C(F)(F)F)c3)nc2)cc1. The highest BCUT2D eigenvalue weighted by Gasteiger charge is 2.33. The number of ether oxygens (including phenoxy) is 1. The Kier molecular flexibility index (Phi) is 6.25. The summed E-state index contributed by atoms with van der Waals surface area (Å²) in [6.07, 6.45) is -0.254. The van der Waals surface area contributed by atoms with Crippen LogP contribution >= 0.6 is 0 Å². The third kappa shape index (κ3) is 5.65. The zero-order chi connectivity index (χ0) is 23.4. The molecule has 0 spiro atoms. The molecule has 4 rings (SSSR count). The van der Waals surface area contributed by atoms with Crippen molar-refractivity contribution in [1.82, 2.24) is 24.7 Å². The van der Waals surface area contributed by atoms with E-state index >= 15 is 0 Å². The molecule has 0 bridgehead atoms. The second-order valence-electron chi connectivity index (χ2n) is 7.52. The van der Waals surface area contributed by atoms with Crippen molar-refractivity contribution in [2.75, 3.05) is 5.32 Å². The second kappa shape index (κ2) is 9.27. The summed E-state index contributed by atoms with van der Waals surface area (Å²) in [5.74, 6) is 0.807. The first-order valence-electron chi connectivity index (χ1n) is 10.2. The monoisotopic (exact) mass is 454 g/mol. The molecular weight excluding hydrogens is 433 g/mol. The van der Waals surface area contributed by atoms with E-state index in [4.69, 9.17) is 4.74 Å². The number of alkyl halides is 3. The van der Waals surface area contributed by atoms with Crippen molar-refractivity contribution in [3.63, 3.8) is 0 Å². The van der Waals surface area contributed by atoms with Gasteiger partial charge in [0.15, 0.2) is 5.82 Å². The molecule has 0 radical (unpaired) electrons. The largest absolute Gasteiger partial charge is 0.491 e. The molecule has 3 heterocycles. The fourth-order valence-electron chi connectivity index (χ4n) is 3.10. The van der Waals surface area contributed by atoms with Crippen LogP contribution in [-0.4, -0.2) is 30.8 Å². The molecule has 0 amide bonds. The maximum Gasteiger partial charge on any atom is 0.433 e. The minimum atomic E-state index is -4.59. The topological polar surface area (TPSA) is 77.8 Å². The first-order chi connectivity index (χ1) is 15.8. The van der Waals surface area contributed by atoms with Crippen molar-refractivity contribution in [1.29, 1.82) is 0 Å². The lowest BCUT2D eigenvalue weighted by Crippen LogP contribution is -2.12. The highest BCUT2D eigenvalue weighted by Crippen LogP contribution is 2.30. The Hall–Kier alpha value is -3.95. The third-order valence-electron chi connectivity index (χ3n) is 4.61. The van der Waals surface area contributed by atoms with Crippen LogP contribution in [0.2, 0.25) is 0 Å². The Morgan fingerprint density at radius 1 is 1.03 bits per heavy atom. The van der Waals surface area contributed by atoms with Gasteiger partial charge in [-0.05, 0) is 43.7 Å². The van der Waals surface area contributed by atoms with E-state index in [0.29, 0.717) is 5.69 Å². The predicted octanol–water partition coefficient (Wildman–Crippen LogP) is 5.14. The molecule has 0 aliphatic rings. The number of nitrogens with one attached hydrogen (secondary N) is 1. The van der Waals surface area contributed by atoms with Gasteiger partial charge >= 0.3 is 6.18 Å². The van der Waals surface area contributed by atoms with Crippen molar-refractivity contribution in [3.05, 3.63) is 78.8 Å². The van der Waals surface area contributed by atoms with E-state index in [1.807, 2.05) is 50.2 Å². The van der Waals surface area contributed by atoms with Gasteiger partial charge < -0.3 is 10.1 Å². The highest BCUT2D eigenvalue weighted by atomic mass is 19.4. The predicted molar refractivity (Wildman–Crippen MR) is 117 cm³/mol. The van der Waals surface area contributed by atoms with E-state index in [2.05, 4.69) is 25.4 Å². The first-order valence-corrected chi connectivity index (χ1v) is 10.2. The highest BCUT2D eigenvalue weighted by molar-refractivity contribution is 5.63. The van der Waals surface area contributed by atoms with Crippen LogP contribution in [0.4, 0.5) is 18.9 Å². The maximum atomic E-state index is 13.3. The summed E-state index contributed by atoms with van der Waals surface area (Å²) in [4.78, 5) is 11.8. The molecule has 0 saturated heterocycles. The summed E-state index contributed by atoms with van der Waals surface area (Å²) < 4.78 is 46.7. The lowest BCUT2D eigenvalue weighted by molar-refractivity contribution is -0.141. The van der Waals surface area contributed by atoms with E-state index in [-0.39, 0.29) is 24.2 Å². The van der Waals surface area contributed by atoms with Gasteiger partial charge in [0.2, 0.25) is 0 Å². The summed E-state index contributed by atoms with van der Waals surface area (Å²) in [6, 6.07) is 13.9. The molecule has 10 heteroatoms. The Balaban J connectivity index is 1.47. The first kappa shape index (κ1) is 22.3. The van der Waals surface area contributed by atoms with Gasteiger partial charge in [-0.3, -0.25) is 4.98 Å².